The third kappa shape index (κ3) is 6.15. The number of methoxy groups -OCH3 is 2. The molecule has 1 aromatic carbocycles. The normalized spacial score (nSPS) is 22.9. The fraction of sp³-hybridized carbons (Fsp3) is 0.520. The Morgan fingerprint density at radius 2 is 1.82 bits per heavy atom. The van der Waals surface area contributed by atoms with Gasteiger partial charge in [-0.1, -0.05) is 23.8 Å². The van der Waals surface area contributed by atoms with Crippen LogP contribution in [0, 0.1) is 0 Å². The number of carbonyl (C=O) groups excluding carboxylic acids is 4. The SMILES string of the molecule is COC(=O)[C@@H]1CC2=C[C@@H](C(=O)CC2)c2cc(ccc2OC)C[C@H](NC(=O)OC(C)(C)C)C(=O)N1. The standard InChI is InChI=1S/C25H32N2O7/c1-25(2,3)34-24(31)27-18-12-15-7-9-21(32-4)17(11-15)16-10-14(6-8-20(16)28)13-19(23(30)33-5)26-22(18)29/h7,9-11,16,18-19H,6,8,12-13H2,1-5H3,(H,26,29)(H,27,31)/t16-,18+,19+/m1/s1. The first kappa shape index (κ1) is 25.3. The summed E-state index contributed by atoms with van der Waals surface area (Å²) >= 11 is 0. The van der Waals surface area contributed by atoms with E-state index in [1.54, 1.807) is 32.9 Å². The second-order valence-corrected chi connectivity index (χ2v) is 9.54. The Hall–Kier alpha value is -3.36. The molecule has 0 spiro atoms. The molecule has 0 unspecified atom stereocenters. The van der Waals surface area contributed by atoms with E-state index in [1.807, 2.05) is 12.1 Å². The minimum absolute atomic E-state index is 0.0540. The molecule has 9 nitrogen and oxygen atoms in total. The number of Topliss-reactive ketones (excluding diaryl/α,β-unsaturated/α-hetero) is 1. The quantitative estimate of drug-likeness (QED) is 0.512. The van der Waals surface area contributed by atoms with Gasteiger partial charge in [-0.05, 0) is 45.2 Å². The van der Waals surface area contributed by atoms with Crippen LogP contribution < -0.4 is 15.4 Å². The van der Waals surface area contributed by atoms with E-state index in [9.17, 15) is 19.2 Å². The molecule has 1 aliphatic carbocycles. The first-order chi connectivity index (χ1) is 16.0. The molecule has 1 aromatic rings. The monoisotopic (exact) mass is 472 g/mol. The Balaban J connectivity index is 2.05. The van der Waals surface area contributed by atoms with Crippen LogP contribution in [0.1, 0.15) is 57.1 Å². The van der Waals surface area contributed by atoms with Gasteiger partial charge < -0.3 is 24.8 Å². The number of rotatable bonds is 3. The van der Waals surface area contributed by atoms with Crippen LogP contribution in [0.2, 0.25) is 0 Å². The molecule has 184 valence electrons. The molecule has 4 bridgehead atoms. The van der Waals surface area contributed by atoms with Crippen molar-refractivity contribution >= 4 is 23.8 Å². The highest BCUT2D eigenvalue weighted by Gasteiger charge is 2.33. The highest BCUT2D eigenvalue weighted by Crippen LogP contribution is 2.36. The highest BCUT2D eigenvalue weighted by molar-refractivity contribution is 5.92. The van der Waals surface area contributed by atoms with Crippen molar-refractivity contribution in [2.24, 2.45) is 0 Å². The average molecular weight is 473 g/mol. The molecule has 0 saturated carbocycles. The molecule has 0 aromatic heterocycles. The van der Waals surface area contributed by atoms with E-state index in [1.165, 1.54) is 14.2 Å². The molecule has 2 aliphatic rings. The summed E-state index contributed by atoms with van der Waals surface area (Å²) in [5, 5.41) is 5.33. The largest absolute Gasteiger partial charge is 0.496 e. The van der Waals surface area contributed by atoms with Crippen molar-refractivity contribution in [1.82, 2.24) is 10.6 Å². The number of carbonyl (C=O) groups is 4. The molecule has 0 saturated heterocycles. The Morgan fingerprint density at radius 1 is 1.09 bits per heavy atom. The summed E-state index contributed by atoms with van der Waals surface area (Å²) in [6.07, 6.45) is 2.23. The lowest BCUT2D eigenvalue weighted by Gasteiger charge is -2.28. The predicted molar refractivity (Wildman–Crippen MR) is 123 cm³/mol. The molecule has 3 rings (SSSR count). The average Bonchev–Trinajstić information content (AvgIpc) is 2.76. The number of benzene rings is 1. The number of fused-ring (bicyclic) bond motifs is 4. The van der Waals surface area contributed by atoms with E-state index in [0.717, 1.165) is 11.1 Å². The van der Waals surface area contributed by atoms with Crippen LogP contribution in [0.25, 0.3) is 0 Å². The van der Waals surface area contributed by atoms with Gasteiger partial charge in [0.15, 0.2) is 0 Å². The molecule has 2 amide bonds. The summed E-state index contributed by atoms with van der Waals surface area (Å²) in [4.78, 5) is 51.0. The Labute approximate surface area is 199 Å². The second kappa shape index (κ2) is 10.3. The molecule has 1 heterocycles. The van der Waals surface area contributed by atoms with Crippen LogP contribution >= 0.6 is 0 Å². The number of hydrogen-bond donors (Lipinski definition) is 2. The van der Waals surface area contributed by atoms with Crippen LogP contribution in [-0.4, -0.2) is 55.7 Å². The predicted octanol–water partition coefficient (Wildman–Crippen LogP) is 2.57. The molecule has 3 atom stereocenters. The van der Waals surface area contributed by atoms with Gasteiger partial charge in [0.1, 0.15) is 29.2 Å². The summed E-state index contributed by atoms with van der Waals surface area (Å²) in [6.45, 7) is 5.17. The van der Waals surface area contributed by atoms with Crippen molar-refractivity contribution in [3.63, 3.8) is 0 Å². The lowest BCUT2D eigenvalue weighted by atomic mass is 9.81. The van der Waals surface area contributed by atoms with Gasteiger partial charge in [0.25, 0.3) is 0 Å². The fourth-order valence-electron chi connectivity index (χ4n) is 4.20. The molecule has 2 N–H and O–H groups in total. The van der Waals surface area contributed by atoms with Gasteiger partial charge in [0, 0.05) is 18.4 Å². The summed E-state index contributed by atoms with van der Waals surface area (Å²) in [7, 11) is 2.78. The van der Waals surface area contributed by atoms with Gasteiger partial charge in [0.05, 0.1) is 20.1 Å². The van der Waals surface area contributed by atoms with Crippen LogP contribution in [0.4, 0.5) is 4.79 Å². The van der Waals surface area contributed by atoms with Crippen molar-refractivity contribution in [3.05, 3.63) is 41.0 Å². The number of amides is 2. The first-order valence-corrected chi connectivity index (χ1v) is 11.3. The molecule has 34 heavy (non-hydrogen) atoms. The van der Waals surface area contributed by atoms with E-state index >= 15 is 0 Å². The lowest BCUT2D eigenvalue weighted by Crippen LogP contribution is -2.53. The van der Waals surface area contributed by atoms with E-state index in [-0.39, 0.29) is 18.6 Å². The summed E-state index contributed by atoms with van der Waals surface area (Å²) in [6, 6.07) is 3.39. The van der Waals surface area contributed by atoms with Crippen molar-refractivity contribution in [3.8, 4) is 5.75 Å². The maximum Gasteiger partial charge on any atom is 0.408 e. The Morgan fingerprint density at radius 3 is 2.47 bits per heavy atom. The minimum atomic E-state index is -1.02. The van der Waals surface area contributed by atoms with Gasteiger partial charge in [-0.15, -0.1) is 0 Å². The second-order valence-electron chi connectivity index (χ2n) is 9.54. The van der Waals surface area contributed by atoms with E-state index in [0.29, 0.717) is 24.2 Å². The maximum atomic E-state index is 13.2. The van der Waals surface area contributed by atoms with E-state index in [2.05, 4.69) is 10.6 Å². The first-order valence-electron chi connectivity index (χ1n) is 11.3. The number of ether oxygens (including phenoxy) is 3. The van der Waals surface area contributed by atoms with Crippen molar-refractivity contribution < 1.29 is 33.4 Å². The van der Waals surface area contributed by atoms with Gasteiger partial charge in [-0.3, -0.25) is 9.59 Å². The van der Waals surface area contributed by atoms with Crippen LogP contribution in [0.15, 0.2) is 29.8 Å². The van der Waals surface area contributed by atoms with Crippen LogP contribution in [-0.2, 0) is 30.3 Å². The molecular formula is C25H32N2O7. The third-order valence-electron chi connectivity index (χ3n) is 5.79. The zero-order valence-corrected chi connectivity index (χ0v) is 20.2. The maximum absolute atomic E-state index is 13.2. The van der Waals surface area contributed by atoms with E-state index < -0.39 is 41.6 Å². The fourth-order valence-corrected chi connectivity index (χ4v) is 4.20. The van der Waals surface area contributed by atoms with Crippen molar-refractivity contribution in [2.45, 2.75) is 70.1 Å². The van der Waals surface area contributed by atoms with Gasteiger partial charge in [-0.25, -0.2) is 9.59 Å². The van der Waals surface area contributed by atoms with Crippen LogP contribution in [0.3, 0.4) is 0 Å². The molecule has 1 aliphatic heterocycles. The van der Waals surface area contributed by atoms with Crippen molar-refractivity contribution in [2.75, 3.05) is 14.2 Å². The molecule has 0 fully saturated rings. The summed E-state index contributed by atoms with van der Waals surface area (Å²) < 4.78 is 15.7. The zero-order chi connectivity index (χ0) is 25.0. The summed E-state index contributed by atoms with van der Waals surface area (Å²) in [5.41, 5.74) is 1.52. The topological polar surface area (TPSA) is 120 Å². The van der Waals surface area contributed by atoms with Gasteiger partial charge in [0.2, 0.25) is 5.91 Å². The Bertz CT molecular complexity index is 1010. The third-order valence-corrected chi connectivity index (χ3v) is 5.79. The Kier molecular flexibility index (Phi) is 7.64. The molecule has 9 heteroatoms. The molecule has 0 radical (unpaired) electrons. The van der Waals surface area contributed by atoms with Crippen LogP contribution in [0.5, 0.6) is 5.75 Å². The number of alkyl carbamates (subject to hydrolysis) is 1. The highest BCUT2D eigenvalue weighted by atomic mass is 16.6. The lowest BCUT2D eigenvalue weighted by molar-refractivity contribution is -0.145. The van der Waals surface area contributed by atoms with Gasteiger partial charge >= 0.3 is 12.1 Å². The number of hydrogen-bond acceptors (Lipinski definition) is 7. The number of nitrogens with one attached hydrogen (secondary N) is 2. The van der Waals surface area contributed by atoms with Crippen molar-refractivity contribution in [1.29, 1.82) is 0 Å². The smallest absolute Gasteiger partial charge is 0.408 e. The number of ketones is 1. The number of esters is 1. The molecular weight excluding hydrogens is 440 g/mol. The van der Waals surface area contributed by atoms with Gasteiger partial charge in [-0.2, -0.15) is 0 Å². The number of allylic oxidation sites excluding steroid dienone is 1. The zero-order valence-electron chi connectivity index (χ0n) is 20.2. The van der Waals surface area contributed by atoms with E-state index in [4.69, 9.17) is 14.2 Å². The summed E-state index contributed by atoms with van der Waals surface area (Å²) in [5.74, 6) is -1.06. The minimum Gasteiger partial charge on any atom is -0.496 e.